The molecule has 2 heterocycles. The lowest BCUT2D eigenvalue weighted by atomic mass is 9.82. The fourth-order valence-corrected chi connectivity index (χ4v) is 3.84. The number of hydrogen-bond donors (Lipinski definition) is 0. The van der Waals surface area contributed by atoms with E-state index in [-0.39, 0.29) is 11.7 Å². The Morgan fingerprint density at radius 2 is 1.87 bits per heavy atom. The average Bonchev–Trinajstić information content (AvgIpc) is 2.79. The van der Waals surface area contributed by atoms with Gasteiger partial charge >= 0.3 is 0 Å². The molecule has 6 heteroatoms. The van der Waals surface area contributed by atoms with Gasteiger partial charge < -0.3 is 9.64 Å². The molecule has 0 spiro atoms. The number of rotatable bonds is 4. The third-order valence-electron chi connectivity index (χ3n) is 5.79. The van der Waals surface area contributed by atoms with Crippen molar-refractivity contribution in [3.8, 4) is 11.3 Å². The molecule has 4 rings (SSSR count). The molecular formula is C25H26FN3O2. The second-order valence-electron chi connectivity index (χ2n) is 8.41. The van der Waals surface area contributed by atoms with Crippen LogP contribution in [0.1, 0.15) is 36.8 Å². The first-order chi connectivity index (χ1) is 14.9. The summed E-state index contributed by atoms with van der Waals surface area (Å²) in [6.45, 7) is 7.23. The zero-order valence-electron chi connectivity index (χ0n) is 18.0. The van der Waals surface area contributed by atoms with Crippen LogP contribution in [0.3, 0.4) is 0 Å². The molecule has 0 bridgehead atoms. The summed E-state index contributed by atoms with van der Waals surface area (Å²) < 4.78 is 20.1. The third-order valence-corrected chi connectivity index (χ3v) is 5.79. The quantitative estimate of drug-likeness (QED) is 0.626. The maximum Gasteiger partial charge on any atom is 0.232 e. The molecule has 0 saturated carbocycles. The zero-order chi connectivity index (χ0) is 22.0. The van der Waals surface area contributed by atoms with Gasteiger partial charge in [0.1, 0.15) is 11.9 Å². The van der Waals surface area contributed by atoms with E-state index in [1.165, 1.54) is 12.3 Å². The SMILES string of the molecule is Cc1ccc(C(C)(C)C(=O)N2CCO[C@H](c3cncc(-c4ccccc4F)n3)C2)cc1. The van der Waals surface area contributed by atoms with Gasteiger partial charge in [-0.3, -0.25) is 9.78 Å². The van der Waals surface area contributed by atoms with Crippen LogP contribution in [0.25, 0.3) is 11.3 Å². The maximum atomic E-state index is 14.2. The average molecular weight is 420 g/mol. The van der Waals surface area contributed by atoms with Gasteiger partial charge in [-0.05, 0) is 38.5 Å². The summed E-state index contributed by atoms with van der Waals surface area (Å²) in [6, 6.07) is 14.5. The Bertz CT molecular complexity index is 1080. The number of halogens is 1. The smallest absolute Gasteiger partial charge is 0.232 e. The number of morpholine rings is 1. The van der Waals surface area contributed by atoms with Gasteiger partial charge in [0.15, 0.2) is 0 Å². The van der Waals surface area contributed by atoms with E-state index in [0.717, 1.165) is 11.1 Å². The molecule has 0 radical (unpaired) electrons. The molecule has 1 aliphatic heterocycles. The fraction of sp³-hybridized carbons (Fsp3) is 0.320. The Morgan fingerprint density at radius 1 is 1.13 bits per heavy atom. The van der Waals surface area contributed by atoms with Gasteiger partial charge in [0.25, 0.3) is 0 Å². The number of nitrogens with zero attached hydrogens (tertiary/aromatic N) is 3. The molecule has 0 aliphatic carbocycles. The highest BCUT2D eigenvalue weighted by Gasteiger charge is 2.36. The molecule has 31 heavy (non-hydrogen) atoms. The van der Waals surface area contributed by atoms with Crippen molar-refractivity contribution in [1.82, 2.24) is 14.9 Å². The van der Waals surface area contributed by atoms with E-state index in [9.17, 15) is 9.18 Å². The molecule has 3 aromatic rings. The second kappa shape index (κ2) is 8.55. The number of carbonyl (C=O) groups excluding carboxylic acids is 1. The molecule has 1 fully saturated rings. The topological polar surface area (TPSA) is 55.3 Å². The minimum absolute atomic E-state index is 0.0443. The number of amides is 1. The molecule has 0 N–H and O–H groups in total. The summed E-state index contributed by atoms with van der Waals surface area (Å²) in [5.74, 6) is -0.307. The van der Waals surface area contributed by atoms with Crippen LogP contribution in [-0.4, -0.2) is 40.5 Å². The lowest BCUT2D eigenvalue weighted by molar-refractivity contribution is -0.144. The summed E-state index contributed by atoms with van der Waals surface area (Å²) in [6.07, 6.45) is 2.74. The van der Waals surface area contributed by atoms with E-state index in [4.69, 9.17) is 4.74 Å². The number of aryl methyl sites for hydroxylation is 1. The van der Waals surface area contributed by atoms with Crippen molar-refractivity contribution in [1.29, 1.82) is 0 Å². The minimum atomic E-state index is -0.656. The number of hydrogen-bond acceptors (Lipinski definition) is 4. The molecule has 1 aliphatic rings. The molecule has 5 nitrogen and oxygen atoms in total. The van der Waals surface area contributed by atoms with E-state index in [0.29, 0.717) is 36.6 Å². The van der Waals surface area contributed by atoms with Gasteiger partial charge in [-0.1, -0.05) is 42.0 Å². The van der Waals surface area contributed by atoms with Crippen LogP contribution >= 0.6 is 0 Å². The van der Waals surface area contributed by atoms with E-state index >= 15 is 0 Å². The summed E-state index contributed by atoms with van der Waals surface area (Å²) in [5, 5.41) is 0. The zero-order valence-corrected chi connectivity index (χ0v) is 18.0. The van der Waals surface area contributed by atoms with Crippen LogP contribution in [-0.2, 0) is 14.9 Å². The largest absolute Gasteiger partial charge is 0.368 e. The monoisotopic (exact) mass is 419 g/mol. The van der Waals surface area contributed by atoms with Gasteiger partial charge in [-0.15, -0.1) is 0 Å². The summed E-state index contributed by atoms with van der Waals surface area (Å²) in [7, 11) is 0. The Balaban J connectivity index is 1.55. The third kappa shape index (κ3) is 4.35. The van der Waals surface area contributed by atoms with Crippen molar-refractivity contribution in [3.05, 3.63) is 83.6 Å². The Kier molecular flexibility index (Phi) is 5.83. The highest BCUT2D eigenvalue weighted by molar-refractivity contribution is 5.87. The maximum absolute atomic E-state index is 14.2. The van der Waals surface area contributed by atoms with Crippen molar-refractivity contribution in [2.45, 2.75) is 32.3 Å². The first-order valence-electron chi connectivity index (χ1n) is 10.4. The predicted molar refractivity (Wildman–Crippen MR) is 117 cm³/mol. The molecule has 160 valence electrons. The Morgan fingerprint density at radius 3 is 2.61 bits per heavy atom. The summed E-state index contributed by atoms with van der Waals surface area (Å²) in [5.41, 5.74) is 2.91. The van der Waals surface area contributed by atoms with Crippen molar-refractivity contribution >= 4 is 5.91 Å². The molecule has 0 unspecified atom stereocenters. The minimum Gasteiger partial charge on any atom is -0.368 e. The summed E-state index contributed by atoms with van der Waals surface area (Å²) >= 11 is 0. The molecule has 1 atom stereocenters. The van der Waals surface area contributed by atoms with Crippen LogP contribution < -0.4 is 0 Å². The van der Waals surface area contributed by atoms with Gasteiger partial charge in [0.2, 0.25) is 5.91 Å². The van der Waals surface area contributed by atoms with Crippen molar-refractivity contribution in [2.24, 2.45) is 0 Å². The standard InChI is InChI=1S/C25H26FN3O2/c1-17-8-10-18(11-9-17)25(2,3)24(30)29-12-13-31-23(16-29)22-15-27-14-21(28-22)19-6-4-5-7-20(19)26/h4-11,14-15,23H,12-13,16H2,1-3H3/t23-/m0/s1. The van der Waals surface area contributed by atoms with Crippen molar-refractivity contribution < 1.29 is 13.9 Å². The van der Waals surface area contributed by atoms with Crippen LogP contribution in [0, 0.1) is 12.7 Å². The van der Waals surface area contributed by atoms with E-state index in [1.54, 1.807) is 24.4 Å². The number of carbonyl (C=O) groups is 1. The van der Waals surface area contributed by atoms with Crippen LogP contribution in [0.4, 0.5) is 4.39 Å². The van der Waals surface area contributed by atoms with Gasteiger partial charge in [-0.25, -0.2) is 9.37 Å². The number of ether oxygens (including phenoxy) is 1. The van der Waals surface area contributed by atoms with Gasteiger partial charge in [0.05, 0.1) is 42.3 Å². The van der Waals surface area contributed by atoms with Crippen molar-refractivity contribution in [2.75, 3.05) is 19.7 Å². The molecule has 1 aromatic heterocycles. The second-order valence-corrected chi connectivity index (χ2v) is 8.41. The van der Waals surface area contributed by atoms with E-state index in [2.05, 4.69) is 9.97 Å². The van der Waals surface area contributed by atoms with E-state index < -0.39 is 11.5 Å². The van der Waals surface area contributed by atoms with Crippen LogP contribution in [0.2, 0.25) is 0 Å². The molecule has 1 saturated heterocycles. The normalized spacial score (nSPS) is 16.9. The number of aromatic nitrogens is 2. The Labute approximate surface area is 181 Å². The van der Waals surface area contributed by atoms with Crippen LogP contribution in [0.15, 0.2) is 60.9 Å². The fourth-order valence-electron chi connectivity index (χ4n) is 3.84. The van der Waals surface area contributed by atoms with Gasteiger partial charge in [0, 0.05) is 12.1 Å². The highest BCUT2D eigenvalue weighted by atomic mass is 19.1. The summed E-state index contributed by atoms with van der Waals surface area (Å²) in [4.78, 5) is 24.0. The number of benzene rings is 2. The molecule has 1 amide bonds. The first-order valence-corrected chi connectivity index (χ1v) is 10.4. The predicted octanol–water partition coefficient (Wildman–Crippen LogP) is 4.47. The molecular weight excluding hydrogens is 393 g/mol. The highest BCUT2D eigenvalue weighted by Crippen LogP contribution is 2.30. The van der Waals surface area contributed by atoms with Crippen LogP contribution in [0.5, 0.6) is 0 Å². The first kappa shape index (κ1) is 21.1. The molecule has 2 aromatic carbocycles. The Hall–Kier alpha value is -3.12. The lowest BCUT2D eigenvalue weighted by Crippen LogP contribution is -2.49. The van der Waals surface area contributed by atoms with E-state index in [1.807, 2.05) is 49.9 Å². The van der Waals surface area contributed by atoms with Crippen molar-refractivity contribution in [3.63, 3.8) is 0 Å². The lowest BCUT2D eigenvalue weighted by Gasteiger charge is -2.37. The van der Waals surface area contributed by atoms with Gasteiger partial charge in [-0.2, -0.15) is 0 Å².